The van der Waals surface area contributed by atoms with Crippen LogP contribution >= 0.6 is 11.8 Å². The second-order valence-corrected chi connectivity index (χ2v) is 5.82. The lowest BCUT2D eigenvalue weighted by Gasteiger charge is -2.23. The Kier molecular flexibility index (Phi) is 4.53. The summed E-state index contributed by atoms with van der Waals surface area (Å²) < 4.78 is 5.14. The maximum atomic E-state index is 5.14. The topological polar surface area (TPSA) is 33.6 Å². The Morgan fingerprint density at radius 1 is 1.33 bits per heavy atom. The molecule has 1 aliphatic heterocycles. The molecule has 0 radical (unpaired) electrons. The molecule has 0 bridgehead atoms. The van der Waals surface area contributed by atoms with Crippen molar-refractivity contribution in [2.45, 2.75) is 26.3 Å². The van der Waals surface area contributed by atoms with Crippen molar-refractivity contribution in [2.75, 3.05) is 18.2 Å². The summed E-state index contributed by atoms with van der Waals surface area (Å²) in [6, 6.07) is 8.39. The fourth-order valence-electron chi connectivity index (χ4n) is 1.88. The van der Waals surface area contributed by atoms with Crippen molar-refractivity contribution in [3.8, 4) is 5.75 Å². The van der Waals surface area contributed by atoms with Crippen LogP contribution in [-0.4, -0.2) is 24.1 Å². The number of amidine groups is 1. The van der Waals surface area contributed by atoms with Crippen molar-refractivity contribution in [3.63, 3.8) is 0 Å². The number of ether oxygens (including phenoxy) is 1. The fraction of sp³-hybridized carbons (Fsp3) is 0.500. The van der Waals surface area contributed by atoms with Crippen LogP contribution in [0, 0.1) is 5.92 Å². The summed E-state index contributed by atoms with van der Waals surface area (Å²) in [7, 11) is 1.68. The van der Waals surface area contributed by atoms with E-state index in [9.17, 15) is 0 Å². The molecule has 1 heterocycles. The van der Waals surface area contributed by atoms with Gasteiger partial charge in [0.1, 0.15) is 5.75 Å². The van der Waals surface area contributed by atoms with Gasteiger partial charge in [0, 0.05) is 11.4 Å². The normalized spacial score (nSPS) is 19.6. The molecule has 98 valence electrons. The summed E-state index contributed by atoms with van der Waals surface area (Å²) in [5, 5.41) is 4.41. The Balaban J connectivity index is 2.03. The minimum absolute atomic E-state index is 0.451. The highest BCUT2D eigenvalue weighted by molar-refractivity contribution is 8.14. The first-order valence-electron chi connectivity index (χ1n) is 6.30. The van der Waals surface area contributed by atoms with Gasteiger partial charge in [-0.1, -0.05) is 25.6 Å². The highest BCUT2D eigenvalue weighted by atomic mass is 32.2. The van der Waals surface area contributed by atoms with E-state index in [1.165, 1.54) is 6.42 Å². The third-order valence-electron chi connectivity index (χ3n) is 3.05. The van der Waals surface area contributed by atoms with Gasteiger partial charge in [0.2, 0.25) is 0 Å². The highest BCUT2D eigenvalue weighted by Gasteiger charge is 2.18. The maximum absolute atomic E-state index is 5.14. The molecule has 18 heavy (non-hydrogen) atoms. The molecule has 0 fully saturated rings. The van der Waals surface area contributed by atoms with Crippen LogP contribution in [0.25, 0.3) is 0 Å². The third kappa shape index (κ3) is 3.42. The van der Waals surface area contributed by atoms with E-state index in [0.717, 1.165) is 22.4 Å². The lowest BCUT2D eigenvalue weighted by Crippen LogP contribution is -2.23. The smallest absolute Gasteiger partial charge is 0.161 e. The van der Waals surface area contributed by atoms with Crippen molar-refractivity contribution >= 4 is 22.6 Å². The first-order chi connectivity index (χ1) is 8.69. The van der Waals surface area contributed by atoms with Crippen molar-refractivity contribution in [1.82, 2.24) is 0 Å². The Labute approximate surface area is 113 Å². The number of rotatable bonds is 3. The Hall–Kier alpha value is -1.16. The molecule has 0 saturated heterocycles. The predicted octanol–water partition coefficient (Wildman–Crippen LogP) is 3.62. The molecule has 0 spiro atoms. The number of benzene rings is 1. The van der Waals surface area contributed by atoms with Crippen LogP contribution in [0.2, 0.25) is 0 Å². The Morgan fingerprint density at radius 2 is 2.06 bits per heavy atom. The van der Waals surface area contributed by atoms with Gasteiger partial charge in [-0.2, -0.15) is 0 Å². The summed E-state index contributed by atoms with van der Waals surface area (Å²) in [6.07, 6.45) is 1.18. The number of methoxy groups -OCH3 is 1. The molecule has 0 aromatic heterocycles. The predicted molar refractivity (Wildman–Crippen MR) is 79.8 cm³/mol. The monoisotopic (exact) mass is 264 g/mol. The minimum Gasteiger partial charge on any atom is -0.497 e. The molecule has 1 aliphatic rings. The van der Waals surface area contributed by atoms with Crippen LogP contribution in [0.4, 0.5) is 5.69 Å². The average Bonchev–Trinajstić information content (AvgIpc) is 2.40. The zero-order chi connectivity index (χ0) is 13.0. The maximum Gasteiger partial charge on any atom is 0.161 e. The zero-order valence-electron chi connectivity index (χ0n) is 11.1. The van der Waals surface area contributed by atoms with E-state index >= 15 is 0 Å². The molecule has 0 amide bonds. The molecule has 1 unspecified atom stereocenters. The van der Waals surface area contributed by atoms with E-state index < -0.39 is 0 Å². The van der Waals surface area contributed by atoms with Crippen molar-refractivity contribution in [1.29, 1.82) is 0 Å². The SMILES string of the molecule is COc1ccc(NC2=NC(C(C)C)CCS2)cc1. The van der Waals surface area contributed by atoms with Gasteiger partial charge in [-0.15, -0.1) is 0 Å². The Bertz CT molecular complexity index is 414. The van der Waals surface area contributed by atoms with Gasteiger partial charge in [0.05, 0.1) is 13.2 Å². The molecule has 2 rings (SSSR count). The standard InChI is InChI=1S/C14H20N2OS/c1-10(2)13-8-9-18-14(16-13)15-11-4-6-12(17-3)7-5-11/h4-7,10,13H,8-9H2,1-3H3,(H,15,16). The number of nitrogens with one attached hydrogen (secondary N) is 1. The molecular formula is C14H20N2OS. The molecule has 1 aromatic rings. The van der Waals surface area contributed by atoms with Gasteiger partial charge in [0.25, 0.3) is 0 Å². The van der Waals surface area contributed by atoms with Crippen LogP contribution in [0.1, 0.15) is 20.3 Å². The van der Waals surface area contributed by atoms with Gasteiger partial charge in [0.15, 0.2) is 5.17 Å². The molecule has 0 saturated carbocycles. The molecule has 3 nitrogen and oxygen atoms in total. The van der Waals surface area contributed by atoms with E-state index in [1.807, 2.05) is 24.3 Å². The van der Waals surface area contributed by atoms with Gasteiger partial charge in [-0.3, -0.25) is 4.99 Å². The Morgan fingerprint density at radius 3 is 2.67 bits per heavy atom. The molecule has 1 atom stereocenters. The van der Waals surface area contributed by atoms with Crippen LogP contribution in [0.5, 0.6) is 5.75 Å². The first kappa shape index (κ1) is 13.3. The van der Waals surface area contributed by atoms with E-state index in [2.05, 4.69) is 19.2 Å². The fourth-order valence-corrected chi connectivity index (χ4v) is 2.83. The highest BCUT2D eigenvalue weighted by Crippen LogP contribution is 2.24. The molecular weight excluding hydrogens is 244 g/mol. The first-order valence-corrected chi connectivity index (χ1v) is 7.29. The van der Waals surface area contributed by atoms with Gasteiger partial charge < -0.3 is 10.1 Å². The number of thioether (sulfide) groups is 1. The van der Waals surface area contributed by atoms with Crippen molar-refractivity contribution in [2.24, 2.45) is 10.9 Å². The van der Waals surface area contributed by atoms with Crippen LogP contribution in [0.15, 0.2) is 29.3 Å². The van der Waals surface area contributed by atoms with Gasteiger partial charge in [-0.05, 0) is 36.6 Å². The van der Waals surface area contributed by atoms with Crippen LogP contribution < -0.4 is 10.1 Å². The number of hydrogen-bond acceptors (Lipinski definition) is 4. The summed E-state index contributed by atoms with van der Waals surface area (Å²) in [6.45, 7) is 4.46. The largest absolute Gasteiger partial charge is 0.497 e. The van der Waals surface area contributed by atoms with Crippen molar-refractivity contribution < 1.29 is 4.74 Å². The van der Waals surface area contributed by atoms with Crippen molar-refractivity contribution in [3.05, 3.63) is 24.3 Å². The van der Waals surface area contributed by atoms with Crippen LogP contribution in [-0.2, 0) is 0 Å². The van der Waals surface area contributed by atoms with E-state index in [4.69, 9.17) is 9.73 Å². The van der Waals surface area contributed by atoms with Crippen LogP contribution in [0.3, 0.4) is 0 Å². The molecule has 1 aromatic carbocycles. The van der Waals surface area contributed by atoms with E-state index in [1.54, 1.807) is 18.9 Å². The minimum atomic E-state index is 0.451. The molecule has 4 heteroatoms. The average molecular weight is 264 g/mol. The lowest BCUT2D eigenvalue weighted by molar-refractivity contribution is 0.415. The summed E-state index contributed by atoms with van der Waals surface area (Å²) in [5.74, 6) is 2.63. The third-order valence-corrected chi connectivity index (χ3v) is 3.97. The lowest BCUT2D eigenvalue weighted by atomic mass is 10.0. The number of aliphatic imine (C=N–C) groups is 1. The van der Waals surface area contributed by atoms with Gasteiger partial charge >= 0.3 is 0 Å². The van der Waals surface area contributed by atoms with Gasteiger partial charge in [-0.25, -0.2) is 0 Å². The quantitative estimate of drug-likeness (QED) is 0.905. The summed E-state index contributed by atoms with van der Waals surface area (Å²) >= 11 is 1.80. The van der Waals surface area contributed by atoms with E-state index in [-0.39, 0.29) is 0 Å². The second kappa shape index (κ2) is 6.14. The molecule has 1 N–H and O–H groups in total. The van der Waals surface area contributed by atoms with E-state index in [0.29, 0.717) is 12.0 Å². The second-order valence-electron chi connectivity index (χ2n) is 4.74. The summed E-state index contributed by atoms with van der Waals surface area (Å²) in [5.41, 5.74) is 1.06. The number of anilines is 1. The number of hydrogen-bond donors (Lipinski definition) is 1. The molecule has 0 aliphatic carbocycles. The zero-order valence-corrected chi connectivity index (χ0v) is 12.0. The summed E-state index contributed by atoms with van der Waals surface area (Å²) in [4.78, 5) is 4.76. The number of nitrogens with zero attached hydrogens (tertiary/aromatic N) is 1.